The Hall–Kier alpha value is -3.00. The van der Waals surface area contributed by atoms with Crippen LogP contribution in [0.2, 0.25) is 0 Å². The number of aliphatic hydroxyl groups is 4. The summed E-state index contributed by atoms with van der Waals surface area (Å²) in [6.45, 7) is 3.04. The fraction of sp³-hybridized carbons (Fsp3) is 0.600. The summed E-state index contributed by atoms with van der Waals surface area (Å²) in [6.07, 6.45) is -2.31. The van der Waals surface area contributed by atoms with Gasteiger partial charge in [-0.3, -0.25) is 4.79 Å². The summed E-state index contributed by atoms with van der Waals surface area (Å²) in [6, 6.07) is 6.09. The number of phenols is 1. The zero-order valence-corrected chi connectivity index (χ0v) is 23.7. The molecule has 1 aliphatic carbocycles. The minimum atomic E-state index is -1.62. The number of carbonyl (C=O) groups is 2. The summed E-state index contributed by atoms with van der Waals surface area (Å²) in [4.78, 5) is 25.0. The van der Waals surface area contributed by atoms with Crippen LogP contribution in [-0.4, -0.2) is 94.3 Å². The number of esters is 2. The zero-order valence-electron chi connectivity index (χ0n) is 23.7. The maximum atomic E-state index is 12.6. The number of hydrogen-bond donors (Lipinski definition) is 5. The predicted octanol–water partition coefficient (Wildman–Crippen LogP) is 1.24. The first-order chi connectivity index (χ1) is 20.1. The summed E-state index contributed by atoms with van der Waals surface area (Å²) in [5.41, 5.74) is 1.32. The van der Waals surface area contributed by atoms with Crippen molar-refractivity contribution in [1.29, 1.82) is 0 Å². The van der Waals surface area contributed by atoms with Crippen LogP contribution in [0.4, 0.5) is 0 Å². The second-order valence-electron chi connectivity index (χ2n) is 11.3. The minimum Gasteiger partial charge on any atom is -0.508 e. The molecule has 2 heterocycles. The van der Waals surface area contributed by atoms with Gasteiger partial charge < -0.3 is 49.2 Å². The summed E-state index contributed by atoms with van der Waals surface area (Å²) in [5.74, 6) is -1.61. The van der Waals surface area contributed by atoms with Gasteiger partial charge in [-0.25, -0.2) is 4.79 Å². The Morgan fingerprint density at radius 1 is 1.02 bits per heavy atom. The van der Waals surface area contributed by atoms with Crippen molar-refractivity contribution < 1.29 is 58.8 Å². The van der Waals surface area contributed by atoms with E-state index in [0.717, 1.165) is 6.08 Å². The summed E-state index contributed by atoms with van der Waals surface area (Å²) >= 11 is 0. The van der Waals surface area contributed by atoms with Gasteiger partial charge in [0.1, 0.15) is 24.1 Å². The van der Waals surface area contributed by atoms with Crippen LogP contribution in [0.15, 0.2) is 42.2 Å². The number of phenolic OH excluding ortho intramolecular Hbond substituents is 1. The highest BCUT2D eigenvalue weighted by atomic mass is 16.7. The van der Waals surface area contributed by atoms with Crippen molar-refractivity contribution in [2.24, 2.45) is 23.7 Å². The first-order valence-electron chi connectivity index (χ1n) is 14.2. The van der Waals surface area contributed by atoms with Crippen molar-refractivity contribution in [2.75, 3.05) is 19.8 Å². The van der Waals surface area contributed by atoms with E-state index in [1.165, 1.54) is 24.5 Å². The lowest BCUT2D eigenvalue weighted by Crippen LogP contribution is -2.60. The third-order valence-electron chi connectivity index (χ3n) is 7.85. The molecular weight excluding hydrogens is 552 g/mol. The van der Waals surface area contributed by atoms with Crippen LogP contribution in [0.1, 0.15) is 38.7 Å². The number of fused-ring (bicyclic) bond motifs is 1. The summed E-state index contributed by atoms with van der Waals surface area (Å²) < 4.78 is 28.5. The Labute approximate surface area is 244 Å². The van der Waals surface area contributed by atoms with Gasteiger partial charge in [-0.15, -0.1) is 0 Å². The molecule has 9 atom stereocenters. The molecule has 4 rings (SSSR count). The first kappa shape index (κ1) is 31.9. The van der Waals surface area contributed by atoms with Gasteiger partial charge >= 0.3 is 11.9 Å². The molecule has 0 radical (unpaired) electrons. The van der Waals surface area contributed by atoms with Crippen LogP contribution in [0.3, 0.4) is 0 Å². The molecule has 0 spiro atoms. The maximum Gasteiger partial charge on any atom is 0.331 e. The molecule has 1 saturated heterocycles. The van der Waals surface area contributed by atoms with E-state index in [0.29, 0.717) is 24.0 Å². The Morgan fingerprint density at radius 3 is 2.43 bits per heavy atom. The molecule has 12 nitrogen and oxygen atoms in total. The highest BCUT2D eigenvalue weighted by Crippen LogP contribution is 2.47. The Kier molecular flexibility index (Phi) is 11.0. The molecule has 1 aromatic rings. The molecule has 0 amide bonds. The SMILES string of the molecule is CC(C)CC(=O)O[C@@H]1OC=C(CO[C@@H]2O[C@H](CO)[C@@H](O)[C@H](O)[C@H]2OC(=O)/C=C/c2ccc(O)cc2)[C@H]2CCC(CO)[C@@H]12. The molecule has 3 aliphatic rings. The quantitative estimate of drug-likeness (QED) is 0.183. The van der Waals surface area contributed by atoms with E-state index in [-0.39, 0.29) is 55.0 Å². The van der Waals surface area contributed by atoms with E-state index in [2.05, 4.69) is 0 Å². The molecule has 1 unspecified atom stereocenters. The Bertz CT molecular complexity index is 1120. The van der Waals surface area contributed by atoms with Crippen molar-refractivity contribution in [3.8, 4) is 5.75 Å². The van der Waals surface area contributed by atoms with Crippen LogP contribution in [0.5, 0.6) is 5.75 Å². The maximum absolute atomic E-state index is 12.6. The highest BCUT2D eigenvalue weighted by Gasteiger charge is 2.50. The van der Waals surface area contributed by atoms with Gasteiger partial charge in [-0.05, 0) is 59.9 Å². The molecule has 232 valence electrons. The van der Waals surface area contributed by atoms with Gasteiger partial charge in [0.25, 0.3) is 0 Å². The third kappa shape index (κ3) is 7.68. The second-order valence-corrected chi connectivity index (χ2v) is 11.3. The standard InChI is InChI=1S/C30H40O12/c1-16(2)11-24(35)42-29-25-18(12-31)6-9-21(25)19(14-38-29)15-39-30-28(27(37)26(36)22(13-32)40-30)41-23(34)10-5-17-3-7-20(33)8-4-17/h3-5,7-8,10,14,16,18,21-22,25-33,36-37H,6,9,11-13,15H2,1-2H3/b10-5+/t18?,21-,22-,25-,26-,27+,28-,29+,30-/m1/s1. The predicted molar refractivity (Wildman–Crippen MR) is 146 cm³/mol. The van der Waals surface area contributed by atoms with Gasteiger partial charge in [-0.1, -0.05) is 26.0 Å². The lowest BCUT2D eigenvalue weighted by molar-refractivity contribution is -0.302. The van der Waals surface area contributed by atoms with Gasteiger partial charge in [0, 0.05) is 25.0 Å². The molecular formula is C30H40O12. The zero-order chi connectivity index (χ0) is 30.4. The topological polar surface area (TPSA) is 181 Å². The van der Waals surface area contributed by atoms with E-state index in [4.69, 9.17) is 23.7 Å². The van der Waals surface area contributed by atoms with E-state index in [1.807, 2.05) is 13.8 Å². The molecule has 2 aliphatic heterocycles. The minimum absolute atomic E-state index is 0.0709. The van der Waals surface area contributed by atoms with Crippen molar-refractivity contribution in [1.82, 2.24) is 0 Å². The lowest BCUT2D eigenvalue weighted by Gasteiger charge is -2.42. The van der Waals surface area contributed by atoms with Crippen molar-refractivity contribution in [3.05, 3.63) is 47.7 Å². The largest absolute Gasteiger partial charge is 0.508 e. The number of aromatic hydroxyl groups is 1. The molecule has 1 aromatic carbocycles. The number of hydrogen-bond acceptors (Lipinski definition) is 12. The monoisotopic (exact) mass is 592 g/mol. The van der Waals surface area contributed by atoms with Crippen LogP contribution < -0.4 is 0 Å². The summed E-state index contributed by atoms with van der Waals surface area (Å²) in [7, 11) is 0. The van der Waals surface area contributed by atoms with Gasteiger partial charge in [-0.2, -0.15) is 0 Å². The van der Waals surface area contributed by atoms with Gasteiger partial charge in [0.15, 0.2) is 12.4 Å². The average molecular weight is 593 g/mol. The molecule has 12 heteroatoms. The molecule has 42 heavy (non-hydrogen) atoms. The fourth-order valence-corrected chi connectivity index (χ4v) is 5.67. The van der Waals surface area contributed by atoms with Crippen molar-refractivity contribution in [3.63, 3.8) is 0 Å². The average Bonchev–Trinajstić information content (AvgIpc) is 3.40. The Balaban J connectivity index is 1.45. The molecule has 0 bridgehead atoms. The van der Waals surface area contributed by atoms with Crippen molar-refractivity contribution >= 4 is 18.0 Å². The molecule has 5 N–H and O–H groups in total. The van der Waals surface area contributed by atoms with Gasteiger partial charge in [0.2, 0.25) is 6.29 Å². The fourth-order valence-electron chi connectivity index (χ4n) is 5.67. The third-order valence-corrected chi connectivity index (χ3v) is 7.85. The van der Waals surface area contributed by atoms with E-state index < -0.39 is 49.6 Å². The number of benzene rings is 1. The van der Waals surface area contributed by atoms with Gasteiger partial charge in [0.05, 0.1) is 19.5 Å². The number of ether oxygens (including phenoxy) is 5. The number of rotatable bonds is 11. The van der Waals surface area contributed by atoms with Crippen LogP contribution >= 0.6 is 0 Å². The van der Waals surface area contributed by atoms with E-state index in [1.54, 1.807) is 12.1 Å². The van der Waals surface area contributed by atoms with Crippen LogP contribution in [0, 0.1) is 23.7 Å². The highest BCUT2D eigenvalue weighted by molar-refractivity contribution is 5.87. The van der Waals surface area contributed by atoms with Crippen LogP contribution in [-0.2, 0) is 33.3 Å². The van der Waals surface area contributed by atoms with E-state index >= 15 is 0 Å². The second kappa shape index (κ2) is 14.5. The Morgan fingerprint density at radius 2 is 1.76 bits per heavy atom. The lowest BCUT2D eigenvalue weighted by atomic mass is 9.83. The molecule has 1 saturated carbocycles. The smallest absolute Gasteiger partial charge is 0.331 e. The van der Waals surface area contributed by atoms with Crippen LogP contribution in [0.25, 0.3) is 6.08 Å². The molecule has 0 aromatic heterocycles. The number of carbonyl (C=O) groups excluding carboxylic acids is 2. The summed E-state index contributed by atoms with van der Waals surface area (Å²) in [5, 5.41) is 50.2. The number of aliphatic hydroxyl groups excluding tert-OH is 4. The normalized spacial score (nSPS) is 32.7. The molecule has 2 fully saturated rings. The first-order valence-corrected chi connectivity index (χ1v) is 14.2. The van der Waals surface area contributed by atoms with Crippen molar-refractivity contribution in [2.45, 2.75) is 70.1 Å². The van der Waals surface area contributed by atoms with E-state index in [9.17, 15) is 35.1 Å².